The number of ether oxygens (including phenoxy) is 1. The van der Waals surface area contributed by atoms with Crippen LogP contribution in [-0.2, 0) is 0 Å². The van der Waals surface area contributed by atoms with Gasteiger partial charge in [0.1, 0.15) is 5.75 Å². The van der Waals surface area contributed by atoms with Crippen LogP contribution in [0.1, 0.15) is 36.6 Å². The summed E-state index contributed by atoms with van der Waals surface area (Å²) in [6.07, 6.45) is 4.68. The second kappa shape index (κ2) is 5.41. The van der Waals surface area contributed by atoms with Crippen molar-refractivity contribution in [3.8, 4) is 5.75 Å². The second-order valence-electron chi connectivity index (χ2n) is 4.90. The highest BCUT2D eigenvalue weighted by Gasteiger charge is 2.22. The molecule has 0 bridgehead atoms. The van der Waals surface area contributed by atoms with E-state index in [2.05, 4.69) is 41.5 Å². The molecule has 2 aromatic rings. The van der Waals surface area contributed by atoms with Crippen LogP contribution in [0.2, 0.25) is 0 Å². The van der Waals surface area contributed by atoms with Gasteiger partial charge in [-0.25, -0.2) is 0 Å². The Labute approximate surface area is 113 Å². The monoisotopic (exact) mass is 254 g/mol. The van der Waals surface area contributed by atoms with E-state index in [4.69, 9.17) is 4.74 Å². The van der Waals surface area contributed by atoms with E-state index >= 15 is 0 Å². The van der Waals surface area contributed by atoms with Gasteiger partial charge in [0, 0.05) is 36.5 Å². The summed E-state index contributed by atoms with van der Waals surface area (Å²) in [5, 5.41) is 3.68. The van der Waals surface area contributed by atoms with Gasteiger partial charge in [-0.05, 0) is 30.7 Å². The SMILES string of the molecule is C[C@H](NC1CCOc2ccccc21)c1ccncc1. The molecule has 0 amide bonds. The van der Waals surface area contributed by atoms with E-state index in [9.17, 15) is 0 Å². The number of nitrogens with one attached hydrogen (secondary N) is 1. The molecule has 0 radical (unpaired) electrons. The van der Waals surface area contributed by atoms with Crippen molar-refractivity contribution in [2.45, 2.75) is 25.4 Å². The second-order valence-corrected chi connectivity index (χ2v) is 4.90. The first kappa shape index (κ1) is 12.2. The zero-order chi connectivity index (χ0) is 13.1. The van der Waals surface area contributed by atoms with Gasteiger partial charge in [0.25, 0.3) is 0 Å². The third-order valence-corrected chi connectivity index (χ3v) is 3.62. The summed E-state index contributed by atoms with van der Waals surface area (Å²) in [6, 6.07) is 13.1. The maximum atomic E-state index is 5.69. The first-order valence-electron chi connectivity index (χ1n) is 6.72. The van der Waals surface area contributed by atoms with Gasteiger partial charge in [-0.3, -0.25) is 4.98 Å². The molecule has 2 atom stereocenters. The van der Waals surface area contributed by atoms with Gasteiger partial charge >= 0.3 is 0 Å². The summed E-state index contributed by atoms with van der Waals surface area (Å²) in [5.74, 6) is 1.01. The van der Waals surface area contributed by atoms with Crippen molar-refractivity contribution in [2.24, 2.45) is 0 Å². The number of pyridine rings is 1. The van der Waals surface area contributed by atoms with Crippen LogP contribution in [0.5, 0.6) is 5.75 Å². The van der Waals surface area contributed by atoms with Crippen molar-refractivity contribution in [3.05, 3.63) is 59.9 Å². The fraction of sp³-hybridized carbons (Fsp3) is 0.312. The van der Waals surface area contributed by atoms with Crippen LogP contribution < -0.4 is 10.1 Å². The molecule has 1 aromatic heterocycles. The first-order chi connectivity index (χ1) is 9.34. The van der Waals surface area contributed by atoms with E-state index in [1.54, 1.807) is 0 Å². The highest BCUT2D eigenvalue weighted by molar-refractivity contribution is 5.37. The van der Waals surface area contributed by atoms with E-state index in [-0.39, 0.29) is 0 Å². The zero-order valence-electron chi connectivity index (χ0n) is 11.0. The topological polar surface area (TPSA) is 34.1 Å². The van der Waals surface area contributed by atoms with Crippen LogP contribution in [0.25, 0.3) is 0 Å². The fourth-order valence-corrected chi connectivity index (χ4v) is 2.57. The minimum absolute atomic E-state index is 0.305. The van der Waals surface area contributed by atoms with Crippen LogP contribution in [0, 0.1) is 0 Å². The molecule has 2 heterocycles. The molecule has 0 fully saturated rings. The zero-order valence-corrected chi connectivity index (χ0v) is 11.0. The Hall–Kier alpha value is -1.87. The van der Waals surface area contributed by atoms with E-state index in [0.717, 1.165) is 18.8 Å². The Bertz CT molecular complexity index is 541. The minimum atomic E-state index is 0.305. The van der Waals surface area contributed by atoms with Gasteiger partial charge in [0.05, 0.1) is 6.61 Å². The molecule has 1 aliphatic rings. The summed E-state index contributed by atoms with van der Waals surface area (Å²) < 4.78 is 5.69. The maximum absolute atomic E-state index is 5.69. The average Bonchev–Trinajstić information content (AvgIpc) is 2.48. The molecule has 0 spiro atoms. The molecule has 3 nitrogen and oxygen atoms in total. The number of para-hydroxylation sites is 1. The molecule has 1 unspecified atom stereocenters. The number of hydrogen-bond acceptors (Lipinski definition) is 3. The molecule has 0 saturated carbocycles. The van der Waals surface area contributed by atoms with Gasteiger partial charge in [-0.15, -0.1) is 0 Å². The van der Waals surface area contributed by atoms with Crippen LogP contribution in [-0.4, -0.2) is 11.6 Å². The number of aromatic nitrogens is 1. The Morgan fingerprint density at radius 2 is 2.00 bits per heavy atom. The summed E-state index contributed by atoms with van der Waals surface area (Å²) in [6.45, 7) is 2.96. The van der Waals surface area contributed by atoms with Crippen LogP contribution >= 0.6 is 0 Å². The summed E-state index contributed by atoms with van der Waals surface area (Å²) in [5.41, 5.74) is 2.52. The van der Waals surface area contributed by atoms with Crippen LogP contribution in [0.15, 0.2) is 48.8 Å². The maximum Gasteiger partial charge on any atom is 0.124 e. The number of hydrogen-bond donors (Lipinski definition) is 1. The predicted molar refractivity (Wildman–Crippen MR) is 75.1 cm³/mol. The van der Waals surface area contributed by atoms with Crippen molar-refractivity contribution in [1.29, 1.82) is 0 Å². The van der Waals surface area contributed by atoms with Gasteiger partial charge in [-0.2, -0.15) is 0 Å². The van der Waals surface area contributed by atoms with Crippen molar-refractivity contribution >= 4 is 0 Å². The van der Waals surface area contributed by atoms with Gasteiger partial charge in [0.2, 0.25) is 0 Å². The third-order valence-electron chi connectivity index (χ3n) is 3.62. The van der Waals surface area contributed by atoms with Crippen molar-refractivity contribution in [3.63, 3.8) is 0 Å². The van der Waals surface area contributed by atoms with Crippen molar-refractivity contribution in [1.82, 2.24) is 10.3 Å². The van der Waals surface area contributed by atoms with Crippen LogP contribution in [0.3, 0.4) is 0 Å². The van der Waals surface area contributed by atoms with Gasteiger partial charge < -0.3 is 10.1 Å². The van der Waals surface area contributed by atoms with E-state index in [0.29, 0.717) is 12.1 Å². The van der Waals surface area contributed by atoms with Gasteiger partial charge in [-0.1, -0.05) is 18.2 Å². The summed E-state index contributed by atoms with van der Waals surface area (Å²) >= 11 is 0. The largest absolute Gasteiger partial charge is 0.493 e. The number of rotatable bonds is 3. The van der Waals surface area contributed by atoms with Crippen LogP contribution in [0.4, 0.5) is 0 Å². The average molecular weight is 254 g/mol. The third kappa shape index (κ3) is 2.61. The smallest absolute Gasteiger partial charge is 0.124 e. The molecule has 98 valence electrons. The molecule has 1 aromatic carbocycles. The summed E-state index contributed by atoms with van der Waals surface area (Å²) in [4.78, 5) is 4.06. The summed E-state index contributed by atoms with van der Waals surface area (Å²) in [7, 11) is 0. The molecular formula is C16H18N2O. The molecule has 1 aliphatic heterocycles. The molecular weight excluding hydrogens is 236 g/mol. The lowest BCUT2D eigenvalue weighted by Crippen LogP contribution is -2.29. The van der Waals surface area contributed by atoms with E-state index < -0.39 is 0 Å². The van der Waals surface area contributed by atoms with Crippen molar-refractivity contribution in [2.75, 3.05) is 6.61 Å². The lowest BCUT2D eigenvalue weighted by atomic mass is 9.98. The quantitative estimate of drug-likeness (QED) is 0.913. The highest BCUT2D eigenvalue weighted by Crippen LogP contribution is 2.33. The molecule has 3 rings (SSSR count). The van der Waals surface area contributed by atoms with Gasteiger partial charge in [0.15, 0.2) is 0 Å². The normalized spacial score (nSPS) is 19.3. The highest BCUT2D eigenvalue weighted by atomic mass is 16.5. The van der Waals surface area contributed by atoms with E-state index in [1.807, 2.05) is 24.5 Å². The molecule has 19 heavy (non-hydrogen) atoms. The Morgan fingerprint density at radius 3 is 2.84 bits per heavy atom. The van der Waals surface area contributed by atoms with E-state index in [1.165, 1.54) is 11.1 Å². The first-order valence-corrected chi connectivity index (χ1v) is 6.72. The fourth-order valence-electron chi connectivity index (χ4n) is 2.57. The molecule has 3 heteroatoms. The number of fused-ring (bicyclic) bond motifs is 1. The lowest BCUT2D eigenvalue weighted by molar-refractivity contribution is 0.246. The standard InChI is InChI=1S/C16H18N2O/c1-12(13-6-9-17-10-7-13)18-15-8-11-19-16-5-3-2-4-14(15)16/h2-7,9-10,12,15,18H,8,11H2,1H3/t12-,15?/m0/s1. The Balaban J connectivity index is 1.78. The predicted octanol–water partition coefficient (Wildman–Crippen LogP) is 3.26. The lowest BCUT2D eigenvalue weighted by Gasteiger charge is -2.29. The number of benzene rings is 1. The Morgan fingerprint density at radius 1 is 1.21 bits per heavy atom. The Kier molecular flexibility index (Phi) is 3.47. The number of nitrogens with zero attached hydrogens (tertiary/aromatic N) is 1. The van der Waals surface area contributed by atoms with Crippen molar-refractivity contribution < 1.29 is 4.74 Å². The molecule has 0 saturated heterocycles. The molecule has 1 N–H and O–H groups in total. The minimum Gasteiger partial charge on any atom is -0.493 e. The molecule has 0 aliphatic carbocycles.